The minimum absolute atomic E-state index is 0.316. The molecule has 1 aliphatic carbocycles. The highest BCUT2D eigenvalue weighted by Gasteiger charge is 2.42. The van der Waals surface area contributed by atoms with Crippen LogP contribution in [0.1, 0.15) is 25.3 Å². The highest BCUT2D eigenvalue weighted by Crippen LogP contribution is 2.48. The summed E-state index contributed by atoms with van der Waals surface area (Å²) in [5.41, 5.74) is 7.93. The molecule has 0 bridgehead atoms. The van der Waals surface area contributed by atoms with Gasteiger partial charge < -0.3 is 5.73 Å². The van der Waals surface area contributed by atoms with Crippen LogP contribution in [-0.2, 0) is 6.42 Å². The number of rotatable bonds is 3. The molecular formula is C12H16BrN. The minimum Gasteiger partial charge on any atom is -0.327 e. The van der Waals surface area contributed by atoms with Crippen molar-refractivity contribution in [2.75, 3.05) is 0 Å². The van der Waals surface area contributed by atoms with Gasteiger partial charge in [0.15, 0.2) is 0 Å². The standard InChI is InChI=1S/C12H16BrN/c1-12(5-6-12)11(14)8-9-3-2-4-10(13)7-9/h2-4,7,11H,5-6,8,14H2,1H3. The van der Waals surface area contributed by atoms with E-state index in [2.05, 4.69) is 41.1 Å². The van der Waals surface area contributed by atoms with Crippen LogP contribution < -0.4 is 5.73 Å². The number of hydrogen-bond donors (Lipinski definition) is 1. The van der Waals surface area contributed by atoms with Crippen LogP contribution >= 0.6 is 15.9 Å². The predicted octanol–water partition coefficient (Wildman–Crippen LogP) is 3.12. The normalized spacial score (nSPS) is 20.5. The predicted molar refractivity (Wildman–Crippen MR) is 63.2 cm³/mol. The first-order valence-corrected chi connectivity index (χ1v) is 5.89. The van der Waals surface area contributed by atoms with Crippen molar-refractivity contribution >= 4 is 15.9 Å². The summed E-state index contributed by atoms with van der Waals surface area (Å²) in [7, 11) is 0. The first-order valence-electron chi connectivity index (χ1n) is 5.10. The van der Waals surface area contributed by atoms with Gasteiger partial charge >= 0.3 is 0 Å². The fraction of sp³-hybridized carbons (Fsp3) is 0.500. The van der Waals surface area contributed by atoms with Gasteiger partial charge in [-0.1, -0.05) is 35.0 Å². The van der Waals surface area contributed by atoms with Crippen LogP contribution in [0.2, 0.25) is 0 Å². The zero-order chi connectivity index (χ0) is 10.2. The molecule has 1 unspecified atom stereocenters. The topological polar surface area (TPSA) is 26.0 Å². The maximum absolute atomic E-state index is 6.18. The molecule has 2 N–H and O–H groups in total. The Kier molecular flexibility index (Phi) is 2.67. The van der Waals surface area contributed by atoms with Crippen LogP contribution in [0.25, 0.3) is 0 Å². The van der Waals surface area contributed by atoms with Gasteiger partial charge in [-0.05, 0) is 42.4 Å². The van der Waals surface area contributed by atoms with E-state index in [-0.39, 0.29) is 0 Å². The first-order chi connectivity index (χ1) is 6.60. The lowest BCUT2D eigenvalue weighted by atomic mass is 9.93. The molecule has 2 heteroatoms. The van der Waals surface area contributed by atoms with Crippen LogP contribution in [0.5, 0.6) is 0 Å². The van der Waals surface area contributed by atoms with Crippen molar-refractivity contribution in [3.63, 3.8) is 0 Å². The van der Waals surface area contributed by atoms with Crippen LogP contribution in [0, 0.1) is 5.41 Å². The molecule has 0 heterocycles. The molecular weight excluding hydrogens is 238 g/mol. The van der Waals surface area contributed by atoms with E-state index >= 15 is 0 Å². The fourth-order valence-electron chi connectivity index (χ4n) is 1.73. The van der Waals surface area contributed by atoms with Crippen molar-refractivity contribution in [2.24, 2.45) is 11.1 Å². The number of nitrogens with two attached hydrogens (primary N) is 1. The Morgan fingerprint density at radius 1 is 1.50 bits per heavy atom. The summed E-state index contributed by atoms with van der Waals surface area (Å²) in [4.78, 5) is 0. The van der Waals surface area contributed by atoms with Gasteiger partial charge in [-0.25, -0.2) is 0 Å². The monoisotopic (exact) mass is 253 g/mol. The molecule has 1 saturated carbocycles. The van der Waals surface area contributed by atoms with Gasteiger partial charge in [0.1, 0.15) is 0 Å². The molecule has 76 valence electrons. The minimum atomic E-state index is 0.316. The Hall–Kier alpha value is -0.340. The highest BCUT2D eigenvalue weighted by molar-refractivity contribution is 9.10. The Morgan fingerprint density at radius 3 is 2.79 bits per heavy atom. The Balaban J connectivity index is 2.03. The first kappa shape index (κ1) is 10.2. The molecule has 1 aliphatic rings. The smallest absolute Gasteiger partial charge is 0.0178 e. The Bertz CT molecular complexity index is 331. The summed E-state index contributed by atoms with van der Waals surface area (Å²) in [5.74, 6) is 0. The lowest BCUT2D eigenvalue weighted by molar-refractivity contribution is 0.433. The second kappa shape index (κ2) is 3.67. The van der Waals surface area contributed by atoms with Gasteiger partial charge in [-0.15, -0.1) is 0 Å². The largest absolute Gasteiger partial charge is 0.327 e. The van der Waals surface area contributed by atoms with E-state index in [9.17, 15) is 0 Å². The summed E-state index contributed by atoms with van der Waals surface area (Å²) >= 11 is 3.48. The zero-order valence-electron chi connectivity index (χ0n) is 8.46. The van der Waals surface area contributed by atoms with Crippen LogP contribution in [0.4, 0.5) is 0 Å². The Labute approximate surface area is 93.8 Å². The molecule has 0 saturated heterocycles. The molecule has 0 spiro atoms. The second-order valence-electron chi connectivity index (χ2n) is 4.59. The van der Waals surface area contributed by atoms with Crippen molar-refractivity contribution in [1.82, 2.24) is 0 Å². The molecule has 2 rings (SSSR count). The maximum Gasteiger partial charge on any atom is 0.0178 e. The van der Waals surface area contributed by atoms with Gasteiger partial charge in [0.25, 0.3) is 0 Å². The number of benzene rings is 1. The second-order valence-corrected chi connectivity index (χ2v) is 5.51. The summed E-state index contributed by atoms with van der Waals surface area (Å²) in [5, 5.41) is 0. The third-order valence-electron chi connectivity index (χ3n) is 3.28. The summed E-state index contributed by atoms with van der Waals surface area (Å²) in [6.07, 6.45) is 3.58. The maximum atomic E-state index is 6.18. The third kappa shape index (κ3) is 2.18. The quantitative estimate of drug-likeness (QED) is 0.881. The Morgan fingerprint density at radius 2 is 2.21 bits per heavy atom. The molecule has 0 radical (unpaired) electrons. The summed E-state index contributed by atoms with van der Waals surface area (Å²) in [6.45, 7) is 2.29. The van der Waals surface area contributed by atoms with Crippen molar-refractivity contribution in [1.29, 1.82) is 0 Å². The average Bonchev–Trinajstić information content (AvgIpc) is 2.85. The van der Waals surface area contributed by atoms with Crippen LogP contribution in [-0.4, -0.2) is 6.04 Å². The highest BCUT2D eigenvalue weighted by atomic mass is 79.9. The number of hydrogen-bond acceptors (Lipinski definition) is 1. The number of halogens is 1. The molecule has 0 aliphatic heterocycles. The molecule has 1 aromatic rings. The van der Waals surface area contributed by atoms with Crippen molar-refractivity contribution in [2.45, 2.75) is 32.2 Å². The van der Waals surface area contributed by atoms with Crippen LogP contribution in [0.15, 0.2) is 28.7 Å². The van der Waals surface area contributed by atoms with Gasteiger partial charge in [0.2, 0.25) is 0 Å². The van der Waals surface area contributed by atoms with Crippen LogP contribution in [0.3, 0.4) is 0 Å². The lowest BCUT2D eigenvalue weighted by Crippen LogP contribution is -2.31. The van der Waals surface area contributed by atoms with Crippen molar-refractivity contribution in [3.05, 3.63) is 34.3 Å². The van der Waals surface area contributed by atoms with E-state index in [0.29, 0.717) is 11.5 Å². The third-order valence-corrected chi connectivity index (χ3v) is 3.77. The van der Waals surface area contributed by atoms with E-state index in [1.54, 1.807) is 0 Å². The zero-order valence-corrected chi connectivity index (χ0v) is 10.0. The molecule has 1 aromatic carbocycles. The molecule has 1 fully saturated rings. The van der Waals surface area contributed by atoms with E-state index in [1.165, 1.54) is 18.4 Å². The molecule has 1 nitrogen and oxygen atoms in total. The van der Waals surface area contributed by atoms with Gasteiger partial charge in [0.05, 0.1) is 0 Å². The summed E-state index contributed by atoms with van der Waals surface area (Å²) < 4.78 is 1.14. The lowest BCUT2D eigenvalue weighted by Gasteiger charge is -2.18. The van der Waals surface area contributed by atoms with Crippen molar-refractivity contribution in [3.8, 4) is 0 Å². The molecule has 0 aromatic heterocycles. The molecule has 14 heavy (non-hydrogen) atoms. The van der Waals surface area contributed by atoms with E-state index in [4.69, 9.17) is 5.73 Å². The molecule has 1 atom stereocenters. The molecule has 0 amide bonds. The SMILES string of the molecule is CC1(C(N)Cc2cccc(Br)c2)CC1. The summed E-state index contributed by atoms with van der Waals surface area (Å²) in [6, 6.07) is 8.74. The van der Waals surface area contributed by atoms with E-state index < -0.39 is 0 Å². The average molecular weight is 254 g/mol. The fourth-order valence-corrected chi connectivity index (χ4v) is 2.18. The van der Waals surface area contributed by atoms with Gasteiger partial charge in [-0.3, -0.25) is 0 Å². The van der Waals surface area contributed by atoms with E-state index in [1.807, 2.05) is 6.07 Å². The van der Waals surface area contributed by atoms with Crippen molar-refractivity contribution < 1.29 is 0 Å². The van der Waals surface area contributed by atoms with E-state index in [0.717, 1.165) is 10.9 Å². The van der Waals surface area contributed by atoms with Gasteiger partial charge in [0, 0.05) is 10.5 Å². The van der Waals surface area contributed by atoms with Gasteiger partial charge in [-0.2, -0.15) is 0 Å².